The topological polar surface area (TPSA) is 41.1 Å². The van der Waals surface area contributed by atoms with Crippen molar-refractivity contribution >= 4 is 34.9 Å². The van der Waals surface area contributed by atoms with Crippen molar-refractivity contribution in [2.75, 3.05) is 11.9 Å². The van der Waals surface area contributed by atoms with Gasteiger partial charge in [0.1, 0.15) is 0 Å². The first-order chi connectivity index (χ1) is 7.13. The van der Waals surface area contributed by atoms with Gasteiger partial charge < -0.3 is 10.6 Å². The molecule has 15 heavy (non-hydrogen) atoms. The van der Waals surface area contributed by atoms with E-state index in [4.69, 9.17) is 23.2 Å². The van der Waals surface area contributed by atoms with Gasteiger partial charge in [0.25, 0.3) is 0 Å². The van der Waals surface area contributed by atoms with Crippen LogP contribution in [0.3, 0.4) is 0 Å². The van der Waals surface area contributed by atoms with Crippen molar-refractivity contribution in [3.63, 3.8) is 0 Å². The molecule has 0 bridgehead atoms. The Morgan fingerprint density at radius 3 is 2.80 bits per heavy atom. The third-order valence-electron chi connectivity index (χ3n) is 1.71. The van der Waals surface area contributed by atoms with Crippen LogP contribution in [0.25, 0.3) is 0 Å². The third kappa shape index (κ3) is 3.98. The largest absolute Gasteiger partial charge is 0.338 e. The number of nitrogens with one attached hydrogen (secondary N) is 2. The highest BCUT2D eigenvalue weighted by molar-refractivity contribution is 6.35. The van der Waals surface area contributed by atoms with E-state index in [9.17, 15) is 4.79 Å². The molecule has 0 unspecified atom stereocenters. The molecule has 2 amide bonds. The fourth-order valence-electron chi connectivity index (χ4n) is 0.998. The highest BCUT2D eigenvalue weighted by atomic mass is 35.5. The van der Waals surface area contributed by atoms with Gasteiger partial charge in [0.05, 0.1) is 10.7 Å². The third-order valence-corrected chi connectivity index (χ3v) is 2.28. The highest BCUT2D eigenvalue weighted by Gasteiger charge is 2.04. The average Bonchev–Trinajstić information content (AvgIpc) is 2.20. The van der Waals surface area contributed by atoms with Crippen LogP contribution in [0.15, 0.2) is 18.2 Å². The molecule has 5 heteroatoms. The molecule has 0 heterocycles. The van der Waals surface area contributed by atoms with Gasteiger partial charge >= 0.3 is 6.03 Å². The van der Waals surface area contributed by atoms with Crippen molar-refractivity contribution in [1.82, 2.24) is 5.32 Å². The highest BCUT2D eigenvalue weighted by Crippen LogP contribution is 2.25. The Balaban J connectivity index is 2.63. The Bertz CT molecular complexity index is 355. The molecule has 0 aliphatic heterocycles. The van der Waals surface area contributed by atoms with Crippen LogP contribution in [0.2, 0.25) is 10.0 Å². The molecule has 2 N–H and O–H groups in total. The van der Waals surface area contributed by atoms with Crippen molar-refractivity contribution in [2.45, 2.75) is 13.3 Å². The van der Waals surface area contributed by atoms with Gasteiger partial charge in [-0.3, -0.25) is 0 Å². The van der Waals surface area contributed by atoms with Crippen LogP contribution in [0.5, 0.6) is 0 Å². The van der Waals surface area contributed by atoms with Gasteiger partial charge in [0.2, 0.25) is 0 Å². The number of carbonyl (C=O) groups is 1. The van der Waals surface area contributed by atoms with E-state index >= 15 is 0 Å². The Kier molecular flexibility index (Phi) is 4.72. The lowest BCUT2D eigenvalue weighted by Gasteiger charge is -2.08. The van der Waals surface area contributed by atoms with Gasteiger partial charge in [-0.15, -0.1) is 0 Å². The number of hydrogen-bond donors (Lipinski definition) is 2. The Morgan fingerprint density at radius 2 is 2.13 bits per heavy atom. The van der Waals surface area contributed by atoms with E-state index in [1.54, 1.807) is 18.2 Å². The zero-order valence-electron chi connectivity index (χ0n) is 8.31. The second kappa shape index (κ2) is 5.83. The summed E-state index contributed by atoms with van der Waals surface area (Å²) in [6.07, 6.45) is 0.886. The summed E-state index contributed by atoms with van der Waals surface area (Å²) >= 11 is 11.6. The number of anilines is 1. The molecular weight excluding hydrogens is 235 g/mol. The quantitative estimate of drug-likeness (QED) is 0.842. The molecule has 0 saturated heterocycles. The van der Waals surface area contributed by atoms with Gasteiger partial charge in [-0.1, -0.05) is 30.1 Å². The molecule has 0 saturated carbocycles. The molecule has 1 rings (SSSR count). The summed E-state index contributed by atoms with van der Waals surface area (Å²) in [5, 5.41) is 6.29. The van der Waals surface area contributed by atoms with Crippen molar-refractivity contribution in [3.05, 3.63) is 28.2 Å². The summed E-state index contributed by atoms with van der Waals surface area (Å²) in [6.45, 7) is 2.61. The number of halogens is 2. The van der Waals surface area contributed by atoms with Crippen LogP contribution in [0, 0.1) is 0 Å². The van der Waals surface area contributed by atoms with E-state index in [1.807, 2.05) is 6.92 Å². The number of rotatable bonds is 3. The molecule has 3 nitrogen and oxygen atoms in total. The summed E-state index contributed by atoms with van der Waals surface area (Å²) in [4.78, 5) is 11.3. The minimum Gasteiger partial charge on any atom is -0.338 e. The van der Waals surface area contributed by atoms with E-state index < -0.39 is 0 Å². The van der Waals surface area contributed by atoms with Crippen molar-refractivity contribution < 1.29 is 4.79 Å². The normalized spacial score (nSPS) is 9.80. The molecule has 0 atom stereocenters. The predicted molar refractivity (Wildman–Crippen MR) is 63.8 cm³/mol. The second-order valence-corrected chi connectivity index (χ2v) is 3.85. The van der Waals surface area contributed by atoms with Crippen LogP contribution in [-0.4, -0.2) is 12.6 Å². The molecule has 0 fully saturated rings. The molecule has 0 aliphatic rings. The first-order valence-corrected chi connectivity index (χ1v) is 5.39. The maximum atomic E-state index is 11.3. The zero-order chi connectivity index (χ0) is 11.3. The first kappa shape index (κ1) is 12.1. The first-order valence-electron chi connectivity index (χ1n) is 4.63. The number of hydrogen-bond acceptors (Lipinski definition) is 1. The molecule has 1 aromatic carbocycles. The molecule has 1 aromatic rings. The number of urea groups is 1. The van der Waals surface area contributed by atoms with Gasteiger partial charge in [0, 0.05) is 11.6 Å². The fourth-order valence-corrected chi connectivity index (χ4v) is 1.34. The molecule has 82 valence electrons. The summed E-state index contributed by atoms with van der Waals surface area (Å²) in [5.41, 5.74) is 0.512. The Hall–Kier alpha value is -0.930. The summed E-state index contributed by atoms with van der Waals surface area (Å²) in [7, 11) is 0. The average molecular weight is 247 g/mol. The van der Waals surface area contributed by atoms with E-state index in [-0.39, 0.29) is 6.03 Å². The van der Waals surface area contributed by atoms with E-state index in [2.05, 4.69) is 10.6 Å². The molecule has 0 aromatic heterocycles. The van der Waals surface area contributed by atoms with Gasteiger partial charge in [-0.2, -0.15) is 0 Å². The van der Waals surface area contributed by atoms with Gasteiger partial charge in [-0.25, -0.2) is 4.79 Å². The van der Waals surface area contributed by atoms with Crippen LogP contribution in [0.4, 0.5) is 10.5 Å². The second-order valence-electron chi connectivity index (χ2n) is 3.01. The summed E-state index contributed by atoms with van der Waals surface area (Å²) in [5.74, 6) is 0. The Morgan fingerprint density at radius 1 is 1.40 bits per heavy atom. The van der Waals surface area contributed by atoms with Crippen molar-refractivity contribution in [1.29, 1.82) is 0 Å². The smallest absolute Gasteiger partial charge is 0.319 e. The van der Waals surface area contributed by atoms with E-state index in [1.165, 1.54) is 0 Å². The molecule has 0 aliphatic carbocycles. The SMILES string of the molecule is CCCNC(=O)Nc1cc(Cl)ccc1Cl. The van der Waals surface area contributed by atoms with Crippen LogP contribution >= 0.6 is 23.2 Å². The van der Waals surface area contributed by atoms with Crippen LogP contribution in [0.1, 0.15) is 13.3 Å². The van der Waals surface area contributed by atoms with E-state index in [0.29, 0.717) is 22.3 Å². The van der Waals surface area contributed by atoms with Gasteiger partial charge in [-0.05, 0) is 24.6 Å². The minimum absolute atomic E-state index is 0.277. The molecule has 0 spiro atoms. The lowest BCUT2D eigenvalue weighted by atomic mass is 10.3. The lowest BCUT2D eigenvalue weighted by molar-refractivity contribution is 0.252. The minimum atomic E-state index is -0.277. The fraction of sp³-hybridized carbons (Fsp3) is 0.300. The zero-order valence-corrected chi connectivity index (χ0v) is 9.82. The van der Waals surface area contributed by atoms with Crippen molar-refractivity contribution in [3.8, 4) is 0 Å². The predicted octanol–water partition coefficient (Wildman–Crippen LogP) is 3.52. The monoisotopic (exact) mass is 246 g/mol. The Labute approximate surface area is 98.8 Å². The maximum absolute atomic E-state index is 11.3. The number of benzene rings is 1. The van der Waals surface area contributed by atoms with E-state index in [0.717, 1.165) is 6.42 Å². The van der Waals surface area contributed by atoms with Gasteiger partial charge in [0.15, 0.2) is 0 Å². The molecule has 0 radical (unpaired) electrons. The van der Waals surface area contributed by atoms with Crippen molar-refractivity contribution in [2.24, 2.45) is 0 Å². The standard InChI is InChI=1S/C10H12Cl2N2O/c1-2-5-13-10(15)14-9-6-7(11)3-4-8(9)12/h3-4,6H,2,5H2,1H3,(H2,13,14,15). The van der Waals surface area contributed by atoms with Crippen LogP contribution < -0.4 is 10.6 Å². The number of amides is 2. The summed E-state index contributed by atoms with van der Waals surface area (Å²) < 4.78 is 0. The molecular formula is C10H12Cl2N2O. The van der Waals surface area contributed by atoms with Crippen LogP contribution in [-0.2, 0) is 0 Å². The number of carbonyl (C=O) groups excluding carboxylic acids is 1. The maximum Gasteiger partial charge on any atom is 0.319 e. The lowest BCUT2D eigenvalue weighted by Crippen LogP contribution is -2.29. The summed E-state index contributed by atoms with van der Waals surface area (Å²) in [6, 6.07) is 4.63.